The van der Waals surface area contributed by atoms with Crippen molar-refractivity contribution < 1.29 is 19.1 Å². The van der Waals surface area contributed by atoms with Crippen molar-refractivity contribution in [3.05, 3.63) is 29.8 Å². The molecule has 1 aromatic carbocycles. The Kier molecular flexibility index (Phi) is 6.66. The van der Waals surface area contributed by atoms with Crippen LogP contribution in [0, 0.1) is 0 Å². The summed E-state index contributed by atoms with van der Waals surface area (Å²) < 4.78 is 9.55. The molecular formula is C13H15ClN2O4. The molecule has 0 spiro atoms. The maximum atomic E-state index is 11.5. The van der Waals surface area contributed by atoms with Gasteiger partial charge in [-0.3, -0.25) is 0 Å². The van der Waals surface area contributed by atoms with Crippen molar-refractivity contribution in [2.24, 2.45) is 10.2 Å². The lowest BCUT2D eigenvalue weighted by atomic mass is 10.2. The summed E-state index contributed by atoms with van der Waals surface area (Å²) in [6.07, 6.45) is 0. The smallest absolute Gasteiger partial charge is 0.348 e. The van der Waals surface area contributed by atoms with E-state index in [4.69, 9.17) is 16.3 Å². The van der Waals surface area contributed by atoms with Crippen LogP contribution in [0.15, 0.2) is 34.5 Å². The first-order chi connectivity index (χ1) is 9.58. The minimum atomic E-state index is -1.21. The zero-order valence-corrected chi connectivity index (χ0v) is 12.0. The first kappa shape index (κ1) is 16.1. The number of carbonyl (C=O) groups excluding carboxylic acids is 2. The van der Waals surface area contributed by atoms with E-state index in [1.807, 2.05) is 0 Å². The van der Waals surface area contributed by atoms with Crippen LogP contribution in [0.3, 0.4) is 0 Å². The van der Waals surface area contributed by atoms with Gasteiger partial charge in [-0.1, -0.05) is 17.7 Å². The number of hydrogen-bond acceptors (Lipinski definition) is 6. The van der Waals surface area contributed by atoms with E-state index in [9.17, 15) is 9.59 Å². The highest BCUT2D eigenvalue weighted by molar-refractivity contribution is 6.29. The lowest BCUT2D eigenvalue weighted by Gasteiger charge is -2.03. The van der Waals surface area contributed by atoms with E-state index in [1.165, 1.54) is 6.07 Å². The molecule has 0 radical (unpaired) electrons. The molecule has 108 valence electrons. The highest BCUT2D eigenvalue weighted by Crippen LogP contribution is 2.17. The minimum absolute atomic E-state index is 0.218. The number of rotatable bonds is 6. The zero-order chi connectivity index (χ0) is 15.0. The minimum Gasteiger partial charge on any atom is -0.463 e. The average Bonchev–Trinajstić information content (AvgIpc) is 2.45. The molecule has 1 aromatic rings. The fourth-order valence-electron chi connectivity index (χ4n) is 1.29. The van der Waals surface area contributed by atoms with Gasteiger partial charge in [-0.05, 0) is 32.0 Å². The first-order valence-corrected chi connectivity index (χ1v) is 6.50. The molecule has 0 aromatic heterocycles. The third-order valence-electron chi connectivity index (χ3n) is 2.11. The van der Waals surface area contributed by atoms with Crippen LogP contribution < -0.4 is 0 Å². The largest absolute Gasteiger partial charge is 0.463 e. The number of hydrogen-bond donors (Lipinski definition) is 0. The average molecular weight is 299 g/mol. The maximum Gasteiger partial charge on any atom is 0.348 e. The molecule has 6 nitrogen and oxygen atoms in total. The van der Waals surface area contributed by atoms with Gasteiger partial charge in [0.1, 0.15) is 0 Å². The normalized spacial score (nSPS) is 12.2. The Bertz CT molecular complexity index is 505. The number of alkyl halides is 1. The summed E-state index contributed by atoms with van der Waals surface area (Å²) >= 11 is 5.69. The van der Waals surface area contributed by atoms with Gasteiger partial charge in [-0.25, -0.2) is 9.59 Å². The first-order valence-electron chi connectivity index (χ1n) is 6.07. The molecule has 0 aliphatic carbocycles. The topological polar surface area (TPSA) is 77.3 Å². The Morgan fingerprint density at radius 2 is 1.95 bits per heavy atom. The van der Waals surface area contributed by atoms with Gasteiger partial charge in [0.2, 0.25) is 5.50 Å². The summed E-state index contributed by atoms with van der Waals surface area (Å²) in [5.74, 6) is -1.11. The highest BCUT2D eigenvalue weighted by Gasteiger charge is 2.15. The van der Waals surface area contributed by atoms with E-state index in [0.717, 1.165) is 0 Å². The molecule has 0 bridgehead atoms. The summed E-state index contributed by atoms with van der Waals surface area (Å²) in [5.41, 5.74) is -0.461. The van der Waals surface area contributed by atoms with Crippen molar-refractivity contribution in [3.8, 4) is 0 Å². The molecule has 1 rings (SSSR count). The second kappa shape index (κ2) is 8.27. The zero-order valence-electron chi connectivity index (χ0n) is 11.2. The fourth-order valence-corrected chi connectivity index (χ4v) is 1.39. The van der Waals surface area contributed by atoms with Crippen LogP contribution in [0.1, 0.15) is 24.2 Å². The van der Waals surface area contributed by atoms with Crippen molar-refractivity contribution in [1.82, 2.24) is 0 Å². The second-order valence-corrected chi connectivity index (χ2v) is 3.99. The summed E-state index contributed by atoms with van der Waals surface area (Å²) in [6.45, 7) is 3.90. The molecule has 0 aliphatic rings. The molecule has 0 saturated carbocycles. The van der Waals surface area contributed by atoms with Crippen LogP contribution in [0.25, 0.3) is 0 Å². The molecule has 1 unspecified atom stereocenters. The van der Waals surface area contributed by atoms with Crippen molar-refractivity contribution in [3.63, 3.8) is 0 Å². The van der Waals surface area contributed by atoms with Crippen molar-refractivity contribution in [1.29, 1.82) is 0 Å². The van der Waals surface area contributed by atoms with E-state index in [-0.39, 0.29) is 13.2 Å². The molecular weight excluding hydrogens is 284 g/mol. The van der Waals surface area contributed by atoms with Gasteiger partial charge in [0.05, 0.1) is 24.5 Å². The van der Waals surface area contributed by atoms with Gasteiger partial charge >= 0.3 is 11.9 Å². The van der Waals surface area contributed by atoms with E-state index >= 15 is 0 Å². The molecule has 0 amide bonds. The van der Waals surface area contributed by atoms with Gasteiger partial charge in [-0.2, -0.15) is 10.2 Å². The van der Waals surface area contributed by atoms with Crippen LogP contribution in [-0.2, 0) is 14.3 Å². The number of halogens is 1. The van der Waals surface area contributed by atoms with Crippen LogP contribution >= 0.6 is 11.6 Å². The molecule has 0 N–H and O–H groups in total. The molecule has 0 fully saturated rings. The summed E-state index contributed by atoms with van der Waals surface area (Å²) in [4.78, 5) is 22.8. The van der Waals surface area contributed by atoms with Gasteiger partial charge in [0.15, 0.2) is 0 Å². The van der Waals surface area contributed by atoms with E-state index in [2.05, 4.69) is 15.0 Å². The third kappa shape index (κ3) is 4.97. The summed E-state index contributed by atoms with van der Waals surface area (Å²) in [6, 6.07) is 6.35. The van der Waals surface area contributed by atoms with E-state index in [0.29, 0.717) is 11.3 Å². The Balaban J connectivity index is 2.75. The summed E-state index contributed by atoms with van der Waals surface area (Å²) in [7, 11) is 0. The van der Waals surface area contributed by atoms with Gasteiger partial charge in [0, 0.05) is 0 Å². The summed E-state index contributed by atoms with van der Waals surface area (Å²) in [5, 5.41) is 7.42. The second-order valence-electron chi connectivity index (χ2n) is 3.57. The number of nitrogens with zero attached hydrogens (tertiary/aromatic N) is 2. The Morgan fingerprint density at radius 1 is 1.25 bits per heavy atom. The third-order valence-corrected chi connectivity index (χ3v) is 2.38. The van der Waals surface area contributed by atoms with Crippen LogP contribution in [0.5, 0.6) is 0 Å². The Labute approximate surface area is 121 Å². The monoisotopic (exact) mass is 298 g/mol. The Morgan fingerprint density at radius 3 is 2.60 bits per heavy atom. The van der Waals surface area contributed by atoms with Crippen molar-refractivity contribution in [2.45, 2.75) is 19.3 Å². The highest BCUT2D eigenvalue weighted by atomic mass is 35.5. The number of esters is 2. The number of benzene rings is 1. The predicted octanol–water partition coefficient (Wildman–Crippen LogP) is 3.08. The Hall–Kier alpha value is -1.95. The number of ether oxygens (including phenoxy) is 2. The van der Waals surface area contributed by atoms with E-state index < -0.39 is 17.4 Å². The molecule has 20 heavy (non-hydrogen) atoms. The number of carbonyl (C=O) groups is 2. The van der Waals surface area contributed by atoms with Crippen molar-refractivity contribution >= 4 is 29.2 Å². The maximum absolute atomic E-state index is 11.5. The fraction of sp³-hybridized carbons (Fsp3) is 0.385. The number of azo groups is 1. The van der Waals surface area contributed by atoms with Crippen molar-refractivity contribution in [2.75, 3.05) is 13.2 Å². The van der Waals surface area contributed by atoms with Gasteiger partial charge < -0.3 is 9.47 Å². The van der Waals surface area contributed by atoms with Gasteiger partial charge in [-0.15, -0.1) is 0 Å². The van der Waals surface area contributed by atoms with Gasteiger partial charge in [0.25, 0.3) is 0 Å². The standard InChI is InChI=1S/C13H15ClN2O4/c1-3-19-12(17)9-6-5-7-10(8-9)15-16-11(14)13(18)20-4-2/h5-8,11H,3-4H2,1-2H3. The molecule has 0 saturated heterocycles. The SMILES string of the molecule is CCOC(=O)c1cccc(N=NC(Cl)C(=O)OCC)c1. The molecule has 0 heterocycles. The molecule has 1 atom stereocenters. The van der Waals surface area contributed by atoms with E-state index in [1.54, 1.807) is 32.0 Å². The lowest BCUT2D eigenvalue weighted by Crippen LogP contribution is -2.14. The molecule has 7 heteroatoms. The lowest BCUT2D eigenvalue weighted by molar-refractivity contribution is -0.142. The van der Waals surface area contributed by atoms with Crippen LogP contribution in [0.4, 0.5) is 5.69 Å². The van der Waals surface area contributed by atoms with Crippen LogP contribution in [-0.4, -0.2) is 30.7 Å². The quantitative estimate of drug-likeness (QED) is 0.350. The van der Waals surface area contributed by atoms with Crippen LogP contribution in [0.2, 0.25) is 0 Å². The molecule has 0 aliphatic heterocycles. The predicted molar refractivity (Wildman–Crippen MR) is 73.2 cm³/mol.